The summed E-state index contributed by atoms with van der Waals surface area (Å²) >= 11 is 1.94. The minimum Gasteiger partial charge on any atom is -0.306 e. The Hall–Kier alpha value is -0.380. The molecule has 1 aliphatic heterocycles. The lowest BCUT2D eigenvalue weighted by atomic mass is 9.94. The number of nitrogens with one attached hydrogen (secondary N) is 1. The fraction of sp³-hybridized carbons (Fsp3) is 0.778. The van der Waals surface area contributed by atoms with Crippen molar-refractivity contribution < 1.29 is 0 Å². The Kier molecular flexibility index (Phi) is 5.36. The summed E-state index contributed by atoms with van der Waals surface area (Å²) in [4.78, 5) is 4.18. The van der Waals surface area contributed by atoms with E-state index in [-0.39, 0.29) is 0 Å². The predicted molar refractivity (Wildman–Crippen MR) is 91.9 cm³/mol. The van der Waals surface area contributed by atoms with Crippen LogP contribution in [0.15, 0.2) is 17.5 Å². The van der Waals surface area contributed by atoms with E-state index in [0.29, 0.717) is 18.1 Å². The Labute approximate surface area is 133 Å². The molecule has 2 nitrogen and oxygen atoms in total. The molecule has 2 fully saturated rings. The highest BCUT2D eigenvalue weighted by Gasteiger charge is 2.30. The molecule has 0 amide bonds. The number of hydrogen-bond donors (Lipinski definition) is 1. The van der Waals surface area contributed by atoms with Gasteiger partial charge in [-0.25, -0.2) is 0 Å². The van der Waals surface area contributed by atoms with Gasteiger partial charge in [-0.3, -0.25) is 0 Å². The van der Waals surface area contributed by atoms with E-state index in [2.05, 4.69) is 41.6 Å². The molecule has 118 valence electrons. The lowest BCUT2D eigenvalue weighted by Gasteiger charge is -2.37. The van der Waals surface area contributed by atoms with Crippen molar-refractivity contribution in [1.82, 2.24) is 10.2 Å². The van der Waals surface area contributed by atoms with Gasteiger partial charge in [0.25, 0.3) is 0 Å². The normalized spacial score (nSPS) is 24.0. The van der Waals surface area contributed by atoms with E-state index in [1.807, 2.05) is 11.3 Å². The lowest BCUT2D eigenvalue weighted by molar-refractivity contribution is 0.151. The number of nitrogens with zero attached hydrogens (tertiary/aromatic N) is 1. The summed E-state index contributed by atoms with van der Waals surface area (Å²) in [6.45, 7) is 7.16. The molecule has 0 radical (unpaired) electrons. The zero-order chi connectivity index (χ0) is 14.7. The molecule has 0 aromatic carbocycles. The van der Waals surface area contributed by atoms with Gasteiger partial charge in [0.2, 0.25) is 0 Å². The van der Waals surface area contributed by atoms with Crippen LogP contribution in [-0.2, 0) is 0 Å². The van der Waals surface area contributed by atoms with Crippen LogP contribution in [0.4, 0.5) is 0 Å². The summed E-state index contributed by atoms with van der Waals surface area (Å²) in [7, 11) is 0. The van der Waals surface area contributed by atoms with E-state index in [0.717, 1.165) is 5.92 Å². The second-order valence-electron chi connectivity index (χ2n) is 7.11. The summed E-state index contributed by atoms with van der Waals surface area (Å²) in [5, 5.41) is 6.28. The van der Waals surface area contributed by atoms with Gasteiger partial charge in [0, 0.05) is 23.0 Å². The summed E-state index contributed by atoms with van der Waals surface area (Å²) in [5.74, 6) is 0.867. The molecule has 1 saturated carbocycles. The largest absolute Gasteiger partial charge is 0.306 e. The molecular formula is C18H30N2S. The molecule has 21 heavy (non-hydrogen) atoms. The monoisotopic (exact) mass is 306 g/mol. The third-order valence-corrected chi connectivity index (χ3v) is 6.35. The second-order valence-corrected chi connectivity index (χ2v) is 8.09. The minimum absolute atomic E-state index is 0.614. The Balaban J connectivity index is 1.60. The molecule has 1 N–H and O–H groups in total. The van der Waals surface area contributed by atoms with E-state index in [4.69, 9.17) is 0 Å². The highest BCUT2D eigenvalue weighted by atomic mass is 32.1. The van der Waals surface area contributed by atoms with Gasteiger partial charge in [0.1, 0.15) is 0 Å². The summed E-state index contributed by atoms with van der Waals surface area (Å²) in [5.41, 5.74) is 0. The number of rotatable bonds is 5. The predicted octanol–water partition coefficient (Wildman–Crippen LogP) is 4.44. The standard InChI is InChI=1S/C18H30N2S/c1-14(2)20-11-9-16(10-12-20)19-18(15-6-3-4-7-15)17-8-5-13-21-17/h5,8,13-16,18-19H,3-4,6-7,9-12H2,1-2H3. The van der Waals surface area contributed by atoms with Crippen LogP contribution >= 0.6 is 11.3 Å². The maximum Gasteiger partial charge on any atom is 0.0445 e. The Morgan fingerprint density at radius 2 is 1.86 bits per heavy atom. The molecule has 1 unspecified atom stereocenters. The summed E-state index contributed by atoms with van der Waals surface area (Å²) in [6.07, 6.45) is 8.32. The molecular weight excluding hydrogens is 276 g/mol. The van der Waals surface area contributed by atoms with E-state index < -0.39 is 0 Å². The first-order valence-corrected chi connectivity index (χ1v) is 9.65. The van der Waals surface area contributed by atoms with Gasteiger partial charge >= 0.3 is 0 Å². The Morgan fingerprint density at radius 1 is 1.14 bits per heavy atom. The maximum atomic E-state index is 4.04. The van der Waals surface area contributed by atoms with Crippen LogP contribution in [0.3, 0.4) is 0 Å². The van der Waals surface area contributed by atoms with E-state index >= 15 is 0 Å². The van der Waals surface area contributed by atoms with Crippen LogP contribution in [0.2, 0.25) is 0 Å². The van der Waals surface area contributed by atoms with Crippen molar-refractivity contribution >= 4 is 11.3 Å². The van der Waals surface area contributed by atoms with Crippen molar-refractivity contribution in [2.24, 2.45) is 5.92 Å². The molecule has 3 rings (SSSR count). The van der Waals surface area contributed by atoms with E-state index in [1.54, 1.807) is 4.88 Å². The van der Waals surface area contributed by atoms with Crippen molar-refractivity contribution in [3.05, 3.63) is 22.4 Å². The van der Waals surface area contributed by atoms with Gasteiger partial charge in [-0.2, -0.15) is 0 Å². The fourth-order valence-electron chi connectivity index (χ4n) is 4.05. The quantitative estimate of drug-likeness (QED) is 0.865. The molecule has 1 saturated heterocycles. The first-order chi connectivity index (χ1) is 10.2. The van der Waals surface area contributed by atoms with E-state index in [9.17, 15) is 0 Å². The van der Waals surface area contributed by atoms with Crippen molar-refractivity contribution in [3.63, 3.8) is 0 Å². The van der Waals surface area contributed by atoms with Crippen LogP contribution < -0.4 is 5.32 Å². The minimum atomic E-state index is 0.614. The van der Waals surface area contributed by atoms with Crippen LogP contribution in [-0.4, -0.2) is 30.1 Å². The second kappa shape index (κ2) is 7.26. The van der Waals surface area contributed by atoms with Crippen LogP contribution in [0.25, 0.3) is 0 Å². The summed E-state index contributed by atoms with van der Waals surface area (Å²) < 4.78 is 0. The van der Waals surface area contributed by atoms with Crippen molar-refractivity contribution in [2.75, 3.05) is 13.1 Å². The maximum absolute atomic E-state index is 4.04. The van der Waals surface area contributed by atoms with Gasteiger partial charge in [0.05, 0.1) is 0 Å². The molecule has 2 heterocycles. The van der Waals surface area contributed by atoms with Crippen molar-refractivity contribution in [2.45, 2.75) is 70.5 Å². The van der Waals surface area contributed by atoms with E-state index in [1.165, 1.54) is 51.6 Å². The molecule has 0 bridgehead atoms. The zero-order valence-corrected chi connectivity index (χ0v) is 14.4. The number of thiophene rings is 1. The highest BCUT2D eigenvalue weighted by molar-refractivity contribution is 7.10. The molecule has 0 spiro atoms. The molecule has 1 atom stereocenters. The van der Waals surface area contributed by atoms with Gasteiger partial charge < -0.3 is 10.2 Å². The van der Waals surface area contributed by atoms with Crippen molar-refractivity contribution in [1.29, 1.82) is 0 Å². The molecule has 3 heteroatoms. The first kappa shape index (κ1) is 15.5. The molecule has 2 aliphatic rings. The third-order valence-electron chi connectivity index (χ3n) is 5.40. The van der Waals surface area contributed by atoms with Gasteiger partial charge in [0.15, 0.2) is 0 Å². The smallest absolute Gasteiger partial charge is 0.0445 e. The number of piperidine rings is 1. The molecule has 1 aromatic rings. The Morgan fingerprint density at radius 3 is 2.43 bits per heavy atom. The average molecular weight is 307 g/mol. The highest BCUT2D eigenvalue weighted by Crippen LogP contribution is 2.38. The molecule has 1 aromatic heterocycles. The zero-order valence-electron chi connectivity index (χ0n) is 13.6. The average Bonchev–Trinajstić information content (AvgIpc) is 3.19. The van der Waals surface area contributed by atoms with Crippen LogP contribution in [0.1, 0.15) is 63.3 Å². The summed E-state index contributed by atoms with van der Waals surface area (Å²) in [6, 6.07) is 6.58. The molecule has 1 aliphatic carbocycles. The third kappa shape index (κ3) is 3.88. The van der Waals surface area contributed by atoms with Gasteiger partial charge in [-0.15, -0.1) is 11.3 Å². The Bertz CT molecular complexity index is 401. The van der Waals surface area contributed by atoms with Gasteiger partial charge in [-0.05, 0) is 70.0 Å². The number of hydrogen-bond acceptors (Lipinski definition) is 3. The fourth-order valence-corrected chi connectivity index (χ4v) is 4.92. The number of likely N-dealkylation sites (tertiary alicyclic amines) is 1. The lowest BCUT2D eigenvalue weighted by Crippen LogP contribution is -2.46. The van der Waals surface area contributed by atoms with Gasteiger partial charge in [-0.1, -0.05) is 18.9 Å². The van der Waals surface area contributed by atoms with Crippen LogP contribution in [0, 0.1) is 5.92 Å². The van der Waals surface area contributed by atoms with Crippen LogP contribution in [0.5, 0.6) is 0 Å². The first-order valence-electron chi connectivity index (χ1n) is 8.77. The SMILES string of the molecule is CC(C)N1CCC(NC(c2cccs2)C2CCCC2)CC1. The van der Waals surface area contributed by atoms with Crippen molar-refractivity contribution in [3.8, 4) is 0 Å². The topological polar surface area (TPSA) is 15.3 Å².